The Hall–Kier alpha value is -6.21. The summed E-state index contributed by atoms with van der Waals surface area (Å²) in [5.41, 5.74) is 0.233. The quantitative estimate of drug-likeness (QED) is 0.0124. The molecule has 0 fully saturated rings. The lowest BCUT2D eigenvalue weighted by atomic mass is 9.75. The number of hydrogen-bond donors (Lipinski definition) is 7. The Bertz CT molecular complexity index is 4150. The van der Waals surface area contributed by atoms with Crippen molar-refractivity contribution in [1.82, 2.24) is 4.73 Å². The molecule has 1 atom stereocenters. The normalized spacial score (nSPS) is 17.1. The zero-order valence-electron chi connectivity index (χ0n) is 47.9. The number of fused-ring (bicyclic) bond motifs is 6. The van der Waals surface area contributed by atoms with E-state index >= 15 is 0 Å². The first kappa shape index (κ1) is 68.3. The topological polar surface area (TPSA) is 396 Å². The zero-order chi connectivity index (χ0) is 64.1. The van der Waals surface area contributed by atoms with Gasteiger partial charge in [-0.2, -0.15) is 46.7 Å². The number of carbonyl (C=O) groups excluding carboxylic acids is 1. The number of aromatic hydroxyl groups is 2. The van der Waals surface area contributed by atoms with Crippen LogP contribution in [-0.4, -0.2) is 181 Å². The molecule has 0 aliphatic carbocycles. The number of aromatic nitrogens is 1. The van der Waals surface area contributed by atoms with E-state index in [1.54, 1.807) is 68.6 Å². The molecule has 87 heavy (non-hydrogen) atoms. The number of carbonyl (C=O) groups is 1. The summed E-state index contributed by atoms with van der Waals surface area (Å²) in [5.74, 6) is -2.70. The van der Waals surface area contributed by atoms with E-state index in [4.69, 9.17) is 28.5 Å². The first-order valence-corrected chi connectivity index (χ1v) is 34.1. The Labute approximate surface area is 503 Å². The molecule has 3 heterocycles. The van der Waals surface area contributed by atoms with Gasteiger partial charge in [0.2, 0.25) is 17.4 Å². The van der Waals surface area contributed by atoms with Gasteiger partial charge in [0.1, 0.15) is 16.3 Å². The van der Waals surface area contributed by atoms with E-state index in [9.17, 15) is 79.9 Å². The zero-order valence-corrected chi connectivity index (χ0v) is 51.9. The second-order valence-corrected chi connectivity index (χ2v) is 28.2. The predicted molar refractivity (Wildman–Crippen MR) is 315 cm³/mol. The maximum atomic E-state index is 13.1. The number of nitrogens with zero attached hydrogens (tertiary/aromatic N) is 3. The fourth-order valence-electron chi connectivity index (χ4n) is 10.8. The summed E-state index contributed by atoms with van der Waals surface area (Å²) in [6.07, 6.45) is 6.22. The van der Waals surface area contributed by atoms with E-state index in [1.807, 2.05) is 0 Å². The monoisotopic (exact) mass is 1310 g/mol. The van der Waals surface area contributed by atoms with Gasteiger partial charge >= 0.3 is 5.97 Å². The molecule has 0 bridgehead atoms. The van der Waals surface area contributed by atoms with Gasteiger partial charge in [-0.25, -0.2) is 4.79 Å². The first-order valence-electron chi connectivity index (χ1n) is 26.8. The molecule has 0 saturated heterocycles. The molecule has 0 saturated carbocycles. The molecule has 32 heteroatoms. The van der Waals surface area contributed by atoms with Crippen LogP contribution in [-0.2, 0) is 89.9 Å². The molecular formula is C55H68N3O24S5+. The van der Waals surface area contributed by atoms with Gasteiger partial charge in [-0.3, -0.25) is 22.8 Å². The van der Waals surface area contributed by atoms with Crippen molar-refractivity contribution in [3.05, 3.63) is 107 Å². The Morgan fingerprint density at radius 1 is 0.621 bits per heavy atom. The summed E-state index contributed by atoms with van der Waals surface area (Å²) in [4.78, 5) is 16.6. The highest BCUT2D eigenvalue weighted by atomic mass is 32.2. The Kier molecular flexibility index (Phi) is 21.4. The van der Waals surface area contributed by atoms with Crippen molar-refractivity contribution in [2.24, 2.45) is 0 Å². The number of hydrogen-bond acceptors (Lipinski definition) is 20. The van der Waals surface area contributed by atoms with Crippen molar-refractivity contribution in [2.45, 2.75) is 83.8 Å². The van der Waals surface area contributed by atoms with Crippen molar-refractivity contribution in [3.63, 3.8) is 0 Å². The molecule has 2 aliphatic rings. The molecule has 27 nitrogen and oxygen atoms in total. The molecule has 4 aromatic carbocycles. The SMILES string of the molecule is COCCOCCOCCOCCOCCN1C(=CC=C(C)C=CC2=[N+](CCCC(=O)On3c(O)ccc3O)c3ccc4c(S(=O)(=O)O)cc(S(=O)(=O)O)cc4c3C2(C)C)C(C)(CCCS(=O)(=O)O)c2c1ccc1c(S(=O)(=O)O)cc(S(=O)(=O)O)cc21. The summed E-state index contributed by atoms with van der Waals surface area (Å²) in [7, 11) is -23.5. The first-order chi connectivity index (χ1) is 40.6. The second-order valence-electron chi connectivity index (χ2n) is 21.0. The van der Waals surface area contributed by atoms with Gasteiger partial charge in [0.25, 0.3) is 50.6 Å². The van der Waals surface area contributed by atoms with Crippen LogP contribution in [0, 0.1) is 0 Å². The molecule has 0 radical (unpaired) electrons. The Morgan fingerprint density at radius 2 is 1.13 bits per heavy atom. The lowest BCUT2D eigenvalue weighted by molar-refractivity contribution is -0.438. The number of anilines is 1. The molecule has 0 amide bonds. The number of benzene rings is 4. The molecule has 2 aliphatic heterocycles. The van der Waals surface area contributed by atoms with Crippen LogP contribution in [0.15, 0.2) is 116 Å². The van der Waals surface area contributed by atoms with Gasteiger partial charge < -0.3 is 43.6 Å². The third-order valence-electron chi connectivity index (χ3n) is 14.6. The molecule has 5 aromatic rings. The highest BCUT2D eigenvalue weighted by Crippen LogP contribution is 2.54. The second kappa shape index (κ2) is 27.3. The molecule has 7 rings (SSSR count). The van der Waals surface area contributed by atoms with Crippen LogP contribution in [0.2, 0.25) is 0 Å². The van der Waals surface area contributed by atoms with Crippen molar-refractivity contribution in [1.29, 1.82) is 0 Å². The summed E-state index contributed by atoms with van der Waals surface area (Å²) in [5, 5.41) is 19.9. The third kappa shape index (κ3) is 16.2. The number of ether oxygens (including phenoxy) is 5. The number of allylic oxidation sites excluding steroid dienone is 6. The molecule has 0 spiro atoms. The Morgan fingerprint density at radius 3 is 1.63 bits per heavy atom. The molecule has 476 valence electrons. The van der Waals surface area contributed by atoms with Crippen LogP contribution in [0.5, 0.6) is 11.8 Å². The fourth-order valence-corrected chi connectivity index (χ4v) is 14.0. The van der Waals surface area contributed by atoms with Crippen LogP contribution in [0.1, 0.15) is 64.5 Å². The standard InChI is InChI=1S/C55H67N3O24S5/c1-36(9-15-47-54(2,3)52-41-32-37(84(65,66)67)34-45(86(71,72)73)39(41)11-13-43(52)56(47)20-6-8-51(61)82-58-49(59)17-18-50(58)60)10-16-48-55(4,19-7-31-83(62,63)64)53-42-33-38(85(68,69)70)35-46(87(74,75)76)40(42)12-14-44(53)57(48)21-22-78-25-26-80-29-30-81-28-27-79-24-23-77-5/h9-18,32-35H,6-8,19-31H2,1-5H3,(H6-,59,60,62,63,64,65,66,67,68,69,70,71,72,73,74,75,76)/p+1. The summed E-state index contributed by atoms with van der Waals surface area (Å²) < 4.78 is 208. The van der Waals surface area contributed by atoms with Crippen LogP contribution in [0.4, 0.5) is 11.4 Å². The van der Waals surface area contributed by atoms with Crippen LogP contribution < -0.4 is 9.74 Å². The summed E-state index contributed by atoms with van der Waals surface area (Å²) in [6, 6.07) is 11.3. The summed E-state index contributed by atoms with van der Waals surface area (Å²) in [6.45, 7) is 9.41. The largest absolute Gasteiger partial charge is 0.492 e. The van der Waals surface area contributed by atoms with Gasteiger partial charge in [0, 0.05) is 77.5 Å². The van der Waals surface area contributed by atoms with E-state index in [1.165, 1.54) is 24.3 Å². The third-order valence-corrected chi connectivity index (χ3v) is 18.9. The van der Waals surface area contributed by atoms with E-state index in [2.05, 4.69) is 0 Å². The highest BCUT2D eigenvalue weighted by Gasteiger charge is 2.47. The Balaban J connectivity index is 1.31. The maximum absolute atomic E-state index is 13.1. The fraction of sp³-hybridized carbons (Fsp3) is 0.418. The van der Waals surface area contributed by atoms with Crippen LogP contribution in [0.3, 0.4) is 0 Å². The van der Waals surface area contributed by atoms with E-state index < -0.39 is 104 Å². The van der Waals surface area contributed by atoms with Gasteiger partial charge in [0.05, 0.1) is 86.8 Å². The van der Waals surface area contributed by atoms with Gasteiger partial charge in [-0.05, 0) is 99.3 Å². The summed E-state index contributed by atoms with van der Waals surface area (Å²) >= 11 is 0. The predicted octanol–water partition coefficient (Wildman–Crippen LogP) is 5.55. The van der Waals surface area contributed by atoms with Gasteiger partial charge in [0.15, 0.2) is 5.71 Å². The average Bonchev–Trinajstić information content (AvgIpc) is 1.63. The smallest absolute Gasteiger partial charge is 0.333 e. The number of methoxy groups -OCH3 is 1. The van der Waals surface area contributed by atoms with E-state index in [0.29, 0.717) is 77.2 Å². The van der Waals surface area contributed by atoms with Crippen molar-refractivity contribution in [2.75, 3.05) is 90.3 Å². The number of rotatable bonds is 31. The van der Waals surface area contributed by atoms with E-state index in [-0.39, 0.29) is 98.9 Å². The average molecular weight is 1320 g/mol. The minimum Gasteiger partial charge on any atom is -0.492 e. The minimum atomic E-state index is -5.17. The van der Waals surface area contributed by atoms with Gasteiger partial charge in [-0.15, -0.1) is 4.73 Å². The molecule has 1 unspecified atom stereocenters. The van der Waals surface area contributed by atoms with Crippen LogP contribution >= 0.6 is 0 Å². The van der Waals surface area contributed by atoms with Crippen molar-refractivity contribution in [3.8, 4) is 11.8 Å². The van der Waals surface area contributed by atoms with Crippen LogP contribution in [0.25, 0.3) is 21.5 Å². The highest BCUT2D eigenvalue weighted by molar-refractivity contribution is 7.87. The lowest BCUT2D eigenvalue weighted by Gasteiger charge is -2.31. The maximum Gasteiger partial charge on any atom is 0.333 e. The molecular weight excluding hydrogens is 1250 g/mol. The minimum absolute atomic E-state index is 0.0173. The lowest BCUT2D eigenvalue weighted by Crippen LogP contribution is -2.31. The van der Waals surface area contributed by atoms with E-state index in [0.717, 1.165) is 24.3 Å². The van der Waals surface area contributed by atoms with Crippen molar-refractivity contribution >= 4 is 95.2 Å². The molecule has 7 N–H and O–H groups in total. The van der Waals surface area contributed by atoms with Gasteiger partial charge in [-0.1, -0.05) is 23.8 Å². The van der Waals surface area contributed by atoms with Crippen molar-refractivity contribution < 1.29 is 113 Å². The molecule has 1 aromatic heterocycles.